The van der Waals surface area contributed by atoms with E-state index in [-0.39, 0.29) is 19.6 Å². The number of ether oxygens (including phenoxy) is 2. The van der Waals surface area contributed by atoms with Gasteiger partial charge in [0.1, 0.15) is 19.6 Å². The molecule has 0 aliphatic carbocycles. The van der Waals surface area contributed by atoms with E-state index in [9.17, 15) is 9.59 Å². The van der Waals surface area contributed by atoms with Crippen molar-refractivity contribution in [3.8, 4) is 0 Å². The lowest BCUT2D eigenvalue weighted by atomic mass is 10.4. The average molecular weight is 280 g/mol. The molecule has 0 saturated heterocycles. The molecule has 0 aromatic carbocycles. The predicted octanol–water partition coefficient (Wildman–Crippen LogP) is 1.86. The number of carbonyl (C=O) groups is 2. The van der Waals surface area contributed by atoms with Gasteiger partial charge in [0.25, 0.3) is 0 Å². The minimum Gasteiger partial charge on any atom is -0.461 e. The highest BCUT2D eigenvalue weighted by atomic mass is 16.6. The Labute approximate surface area is 118 Å². The Morgan fingerprint density at radius 3 is 1.95 bits per heavy atom. The molecule has 0 atom stereocenters. The first-order chi connectivity index (χ1) is 9.49. The summed E-state index contributed by atoms with van der Waals surface area (Å²) in [6.07, 6.45) is 2.47. The Morgan fingerprint density at radius 2 is 1.70 bits per heavy atom. The van der Waals surface area contributed by atoms with Crippen LogP contribution in [0.15, 0.2) is 31.4 Å². The lowest BCUT2D eigenvalue weighted by molar-refractivity contribution is -0.153. The zero-order chi connectivity index (χ0) is 15.4. The summed E-state index contributed by atoms with van der Waals surface area (Å²) in [4.78, 5) is 21.6. The third-order valence-corrected chi connectivity index (χ3v) is 1.85. The second-order valence-electron chi connectivity index (χ2n) is 3.81. The highest BCUT2D eigenvalue weighted by molar-refractivity contribution is 5.91. The minimum absolute atomic E-state index is 0.105. The number of nitrogens with zero attached hydrogens (tertiary/aromatic N) is 1. The molecule has 0 aliphatic heterocycles. The minimum atomic E-state index is -0.617. The highest BCUT2D eigenvalue weighted by Gasteiger charge is 2.10. The van der Waals surface area contributed by atoms with Crippen LogP contribution in [0.3, 0.4) is 0 Å². The van der Waals surface area contributed by atoms with E-state index in [0.717, 1.165) is 11.4 Å². The monoisotopic (exact) mass is 280 g/mol. The summed E-state index contributed by atoms with van der Waals surface area (Å²) in [5.74, 6) is -1.23. The summed E-state index contributed by atoms with van der Waals surface area (Å²) in [5, 5.41) is 6.71. The number of aryl methyl sites for hydroxylation is 2. The van der Waals surface area contributed by atoms with Crippen LogP contribution in [0.5, 0.6) is 0 Å². The average Bonchev–Trinajstić information content (AvgIpc) is 2.78. The molecule has 110 valence electrons. The third-order valence-electron chi connectivity index (χ3n) is 1.85. The van der Waals surface area contributed by atoms with Crippen LogP contribution in [0.4, 0.5) is 0 Å². The maximum Gasteiger partial charge on any atom is 0.317 e. The van der Waals surface area contributed by atoms with Gasteiger partial charge in [0.2, 0.25) is 0 Å². The first-order valence-electron chi connectivity index (χ1n) is 6.01. The van der Waals surface area contributed by atoms with E-state index in [1.165, 1.54) is 12.2 Å². The lowest BCUT2D eigenvalue weighted by Gasteiger charge is -2.01. The largest absolute Gasteiger partial charge is 0.461 e. The molecule has 20 heavy (non-hydrogen) atoms. The number of nitrogens with one attached hydrogen (secondary N) is 1. The van der Waals surface area contributed by atoms with Crippen molar-refractivity contribution in [2.24, 2.45) is 0 Å². The van der Waals surface area contributed by atoms with Gasteiger partial charge in [-0.15, -0.1) is 0 Å². The first-order valence-corrected chi connectivity index (χ1v) is 6.01. The summed E-state index contributed by atoms with van der Waals surface area (Å²) in [6.45, 7) is 10.9. The van der Waals surface area contributed by atoms with E-state index in [4.69, 9.17) is 0 Å². The molecular formula is C14H20N2O4. The van der Waals surface area contributed by atoms with Gasteiger partial charge >= 0.3 is 11.9 Å². The van der Waals surface area contributed by atoms with Crippen LogP contribution < -0.4 is 0 Å². The van der Waals surface area contributed by atoms with Gasteiger partial charge in [-0.1, -0.05) is 25.3 Å². The predicted molar refractivity (Wildman–Crippen MR) is 75.0 cm³/mol. The SMILES string of the molecule is C=CCOC(=O)CC(=O)OCC=C.Cc1cc(C)[nH]n1. The highest BCUT2D eigenvalue weighted by Crippen LogP contribution is 1.92. The maximum absolute atomic E-state index is 10.8. The molecule has 0 spiro atoms. The molecule has 0 aliphatic rings. The van der Waals surface area contributed by atoms with Crippen molar-refractivity contribution in [2.75, 3.05) is 13.2 Å². The summed E-state index contributed by atoms with van der Waals surface area (Å²) in [5.41, 5.74) is 2.18. The number of carbonyl (C=O) groups excluding carboxylic acids is 2. The molecule has 1 heterocycles. The van der Waals surface area contributed by atoms with Gasteiger partial charge in [-0.3, -0.25) is 14.7 Å². The molecule has 1 N–H and O–H groups in total. The van der Waals surface area contributed by atoms with E-state index in [0.29, 0.717) is 0 Å². The van der Waals surface area contributed by atoms with Gasteiger partial charge in [-0.25, -0.2) is 0 Å². The Kier molecular flexibility index (Phi) is 9.29. The van der Waals surface area contributed by atoms with Crippen molar-refractivity contribution >= 4 is 11.9 Å². The molecule has 1 aromatic heterocycles. The number of hydrogen-bond donors (Lipinski definition) is 1. The summed E-state index contributed by atoms with van der Waals surface area (Å²) < 4.78 is 9.12. The van der Waals surface area contributed by atoms with Gasteiger partial charge in [0.15, 0.2) is 0 Å². The van der Waals surface area contributed by atoms with Crippen molar-refractivity contribution in [3.05, 3.63) is 42.8 Å². The van der Waals surface area contributed by atoms with E-state index >= 15 is 0 Å². The third kappa shape index (κ3) is 9.64. The maximum atomic E-state index is 10.8. The molecule has 1 aromatic rings. The molecule has 6 heteroatoms. The topological polar surface area (TPSA) is 81.3 Å². The van der Waals surface area contributed by atoms with Gasteiger partial charge in [-0.2, -0.15) is 5.10 Å². The molecule has 0 fully saturated rings. The first kappa shape index (κ1) is 17.6. The van der Waals surface area contributed by atoms with Gasteiger partial charge < -0.3 is 9.47 Å². The molecule has 6 nitrogen and oxygen atoms in total. The normalized spacial score (nSPS) is 8.90. The quantitative estimate of drug-likeness (QED) is 0.488. The molecule has 0 amide bonds. The van der Waals surface area contributed by atoms with Crippen molar-refractivity contribution in [3.63, 3.8) is 0 Å². The summed E-state index contributed by atoms with van der Waals surface area (Å²) in [7, 11) is 0. The number of H-pyrrole nitrogens is 1. The Morgan fingerprint density at radius 1 is 1.20 bits per heavy atom. The zero-order valence-electron chi connectivity index (χ0n) is 11.8. The smallest absolute Gasteiger partial charge is 0.317 e. The number of esters is 2. The van der Waals surface area contributed by atoms with Crippen LogP contribution in [0, 0.1) is 13.8 Å². The summed E-state index contributed by atoms with van der Waals surface area (Å²) >= 11 is 0. The molecule has 0 unspecified atom stereocenters. The van der Waals surface area contributed by atoms with E-state index in [2.05, 4.69) is 32.8 Å². The van der Waals surface area contributed by atoms with Gasteiger partial charge in [0.05, 0.1) is 5.69 Å². The second-order valence-corrected chi connectivity index (χ2v) is 3.81. The van der Waals surface area contributed by atoms with E-state index in [1.54, 1.807) is 0 Å². The van der Waals surface area contributed by atoms with Crippen molar-refractivity contribution in [1.82, 2.24) is 10.2 Å². The Hall–Kier alpha value is -2.37. The van der Waals surface area contributed by atoms with E-state index < -0.39 is 11.9 Å². The van der Waals surface area contributed by atoms with Crippen LogP contribution in [0.1, 0.15) is 17.8 Å². The fourth-order valence-electron chi connectivity index (χ4n) is 1.08. The molecule has 0 bridgehead atoms. The van der Waals surface area contributed by atoms with Crippen LogP contribution >= 0.6 is 0 Å². The van der Waals surface area contributed by atoms with Crippen LogP contribution in [0.25, 0.3) is 0 Å². The van der Waals surface area contributed by atoms with Crippen LogP contribution in [-0.2, 0) is 19.1 Å². The van der Waals surface area contributed by atoms with Crippen molar-refractivity contribution < 1.29 is 19.1 Å². The number of aromatic nitrogens is 2. The molecule has 1 rings (SSSR count). The Balaban J connectivity index is 0.000000428. The number of aromatic amines is 1. The van der Waals surface area contributed by atoms with Gasteiger partial charge in [0, 0.05) is 5.69 Å². The number of rotatable bonds is 6. The number of hydrogen-bond acceptors (Lipinski definition) is 5. The van der Waals surface area contributed by atoms with Crippen LogP contribution in [-0.4, -0.2) is 35.3 Å². The summed E-state index contributed by atoms with van der Waals surface area (Å²) in [6, 6.07) is 2.00. The lowest BCUT2D eigenvalue weighted by Crippen LogP contribution is -2.13. The van der Waals surface area contributed by atoms with Gasteiger partial charge in [-0.05, 0) is 19.9 Å². The molecule has 0 radical (unpaired) electrons. The Bertz CT molecular complexity index is 413. The van der Waals surface area contributed by atoms with Crippen molar-refractivity contribution in [2.45, 2.75) is 20.3 Å². The zero-order valence-corrected chi connectivity index (χ0v) is 11.8. The molecule has 0 saturated carbocycles. The standard InChI is InChI=1S/C9H12O4.C5H8N2/c1-3-5-12-8(10)7-9(11)13-6-4-2;1-4-3-5(2)7-6-4/h3-4H,1-2,5-7H2;3H,1-2H3,(H,6,7). The second kappa shape index (κ2) is 10.5. The fourth-order valence-corrected chi connectivity index (χ4v) is 1.08. The van der Waals surface area contributed by atoms with E-state index in [1.807, 2.05) is 19.9 Å². The fraction of sp³-hybridized carbons (Fsp3) is 0.357. The molecular weight excluding hydrogens is 260 g/mol. The van der Waals surface area contributed by atoms with Crippen LogP contribution in [0.2, 0.25) is 0 Å². The van der Waals surface area contributed by atoms with Crippen molar-refractivity contribution in [1.29, 1.82) is 0 Å².